The van der Waals surface area contributed by atoms with E-state index in [1.165, 1.54) is 0 Å². The van der Waals surface area contributed by atoms with Gasteiger partial charge in [0.15, 0.2) is 0 Å². The average molecular weight is 327 g/mol. The lowest BCUT2D eigenvalue weighted by Gasteiger charge is -2.16. The van der Waals surface area contributed by atoms with E-state index in [0.29, 0.717) is 43.2 Å². The molecular formula is C18H21N3O3. The Hall–Kier alpha value is -2.44. The van der Waals surface area contributed by atoms with Gasteiger partial charge in [-0.05, 0) is 43.2 Å². The molecule has 0 aliphatic carbocycles. The van der Waals surface area contributed by atoms with Gasteiger partial charge in [-0.3, -0.25) is 4.79 Å². The molecular weight excluding hydrogens is 306 g/mol. The van der Waals surface area contributed by atoms with Gasteiger partial charge in [0.2, 0.25) is 5.88 Å². The van der Waals surface area contributed by atoms with Crippen molar-refractivity contribution in [3.63, 3.8) is 0 Å². The van der Waals surface area contributed by atoms with Gasteiger partial charge in [0, 0.05) is 37.0 Å². The predicted octanol–water partition coefficient (Wildman–Crippen LogP) is 1.85. The minimum atomic E-state index is -0.431. The van der Waals surface area contributed by atoms with Gasteiger partial charge in [-0.15, -0.1) is 0 Å². The average Bonchev–Trinajstić information content (AvgIpc) is 3.00. The maximum Gasteiger partial charge on any atom is 0.254 e. The number of nitrogens with two attached hydrogens (primary N) is 1. The highest BCUT2D eigenvalue weighted by Crippen LogP contribution is 2.23. The molecule has 24 heavy (non-hydrogen) atoms. The van der Waals surface area contributed by atoms with E-state index in [1.54, 1.807) is 35.2 Å². The number of ether oxygens (including phenoxy) is 1. The Morgan fingerprint density at radius 2 is 2.25 bits per heavy atom. The molecule has 1 atom stereocenters. The second-order valence-electron chi connectivity index (χ2n) is 5.98. The molecule has 0 saturated carbocycles. The zero-order valence-corrected chi connectivity index (χ0v) is 13.6. The number of aromatic nitrogens is 1. The smallest absolute Gasteiger partial charge is 0.254 e. The number of carbonyl (C=O) groups is 1. The van der Waals surface area contributed by atoms with Crippen LogP contribution in [0.5, 0.6) is 11.6 Å². The van der Waals surface area contributed by atoms with Crippen LogP contribution in [0.4, 0.5) is 0 Å². The van der Waals surface area contributed by atoms with Crippen LogP contribution in [-0.2, 0) is 6.54 Å². The normalized spacial score (nSPS) is 17.1. The van der Waals surface area contributed by atoms with Crippen molar-refractivity contribution in [3.8, 4) is 11.6 Å². The number of amides is 1. The summed E-state index contributed by atoms with van der Waals surface area (Å²) in [6, 6.07) is 10.7. The highest BCUT2D eigenvalue weighted by molar-refractivity contribution is 5.94. The van der Waals surface area contributed by atoms with E-state index in [0.717, 1.165) is 11.3 Å². The van der Waals surface area contributed by atoms with Crippen molar-refractivity contribution < 1.29 is 14.6 Å². The summed E-state index contributed by atoms with van der Waals surface area (Å²) in [4.78, 5) is 18.5. The van der Waals surface area contributed by atoms with Crippen LogP contribution in [0.2, 0.25) is 0 Å². The lowest BCUT2D eigenvalue weighted by Crippen LogP contribution is -2.29. The van der Waals surface area contributed by atoms with E-state index in [1.807, 2.05) is 13.0 Å². The molecule has 3 N–H and O–H groups in total. The topological polar surface area (TPSA) is 88.7 Å². The van der Waals surface area contributed by atoms with E-state index in [4.69, 9.17) is 10.5 Å². The van der Waals surface area contributed by atoms with E-state index in [-0.39, 0.29) is 5.91 Å². The highest BCUT2D eigenvalue weighted by Gasteiger charge is 2.25. The third kappa shape index (κ3) is 3.72. The standard InChI is InChI=1S/C18H21N3O3/c1-12-7-13(10-19)8-17(20-12)24-16-4-2-3-14(9-16)18(23)21-6-5-15(22)11-21/h2-4,7-9,15,22H,5-6,10-11,19H2,1H3/t15-/m0/s1. The molecule has 0 unspecified atom stereocenters. The molecule has 6 heteroatoms. The van der Waals surface area contributed by atoms with Gasteiger partial charge in [-0.25, -0.2) is 4.98 Å². The van der Waals surface area contributed by atoms with Crippen LogP contribution >= 0.6 is 0 Å². The first-order chi connectivity index (χ1) is 11.5. The predicted molar refractivity (Wildman–Crippen MR) is 89.9 cm³/mol. The monoisotopic (exact) mass is 327 g/mol. The Balaban J connectivity index is 1.78. The van der Waals surface area contributed by atoms with E-state index < -0.39 is 6.10 Å². The Labute approximate surface area is 140 Å². The first-order valence-electron chi connectivity index (χ1n) is 7.98. The summed E-state index contributed by atoms with van der Waals surface area (Å²) in [6.45, 7) is 3.24. The van der Waals surface area contributed by atoms with Crippen molar-refractivity contribution in [1.82, 2.24) is 9.88 Å². The number of β-amino-alcohol motifs (C(OH)–C–C–N with tert-alkyl or cyclic N) is 1. The minimum absolute atomic E-state index is 0.100. The summed E-state index contributed by atoms with van der Waals surface area (Å²) >= 11 is 0. The number of nitrogens with zero attached hydrogens (tertiary/aromatic N) is 2. The number of rotatable bonds is 4. The molecule has 2 heterocycles. The Morgan fingerprint density at radius 1 is 1.42 bits per heavy atom. The third-order valence-corrected chi connectivity index (χ3v) is 3.98. The zero-order chi connectivity index (χ0) is 17.1. The van der Waals surface area contributed by atoms with E-state index >= 15 is 0 Å². The summed E-state index contributed by atoms with van der Waals surface area (Å²) < 4.78 is 5.79. The lowest BCUT2D eigenvalue weighted by molar-refractivity contribution is 0.0764. The SMILES string of the molecule is Cc1cc(CN)cc(Oc2cccc(C(=O)N3CC[C@H](O)C3)c2)n1. The zero-order valence-electron chi connectivity index (χ0n) is 13.6. The van der Waals surface area contributed by atoms with E-state index in [9.17, 15) is 9.90 Å². The summed E-state index contributed by atoms with van der Waals surface area (Å²) in [7, 11) is 0. The first-order valence-corrected chi connectivity index (χ1v) is 7.98. The van der Waals surface area contributed by atoms with Crippen LogP contribution in [-0.4, -0.2) is 40.1 Å². The molecule has 126 valence electrons. The van der Waals surface area contributed by atoms with Crippen molar-refractivity contribution in [2.45, 2.75) is 26.0 Å². The van der Waals surface area contributed by atoms with Crippen molar-refractivity contribution in [3.05, 3.63) is 53.2 Å². The number of hydrogen-bond donors (Lipinski definition) is 2. The first kappa shape index (κ1) is 16.4. The van der Waals surface area contributed by atoms with Crippen LogP contribution in [0.1, 0.15) is 28.0 Å². The van der Waals surface area contributed by atoms with Gasteiger partial charge in [-0.2, -0.15) is 0 Å². The molecule has 1 aliphatic heterocycles. The van der Waals surface area contributed by atoms with Crippen LogP contribution in [0.25, 0.3) is 0 Å². The number of aliphatic hydroxyl groups is 1. The van der Waals surface area contributed by atoms with Gasteiger partial charge >= 0.3 is 0 Å². The Kier molecular flexibility index (Phi) is 4.78. The fourth-order valence-electron chi connectivity index (χ4n) is 2.80. The van der Waals surface area contributed by atoms with Crippen LogP contribution in [0.15, 0.2) is 36.4 Å². The number of aliphatic hydroxyl groups excluding tert-OH is 1. The van der Waals surface area contributed by atoms with Crippen molar-refractivity contribution in [2.24, 2.45) is 5.73 Å². The quantitative estimate of drug-likeness (QED) is 0.894. The van der Waals surface area contributed by atoms with Crippen molar-refractivity contribution in [2.75, 3.05) is 13.1 Å². The van der Waals surface area contributed by atoms with Crippen LogP contribution in [0.3, 0.4) is 0 Å². The van der Waals surface area contributed by atoms with Gasteiger partial charge < -0.3 is 20.5 Å². The maximum absolute atomic E-state index is 12.5. The summed E-state index contributed by atoms with van der Waals surface area (Å²) in [5.41, 5.74) is 7.97. The molecule has 2 aromatic rings. The molecule has 1 amide bonds. The summed E-state index contributed by atoms with van der Waals surface area (Å²) in [6.07, 6.45) is 0.191. The largest absolute Gasteiger partial charge is 0.439 e. The highest BCUT2D eigenvalue weighted by atomic mass is 16.5. The van der Waals surface area contributed by atoms with Gasteiger partial charge in [-0.1, -0.05) is 6.07 Å². The second kappa shape index (κ2) is 6.98. The molecule has 0 radical (unpaired) electrons. The molecule has 0 spiro atoms. The lowest BCUT2D eigenvalue weighted by atomic mass is 10.2. The fourth-order valence-corrected chi connectivity index (χ4v) is 2.80. The maximum atomic E-state index is 12.5. The Morgan fingerprint density at radius 3 is 2.96 bits per heavy atom. The molecule has 1 aromatic heterocycles. The van der Waals surface area contributed by atoms with Crippen LogP contribution < -0.4 is 10.5 Å². The van der Waals surface area contributed by atoms with Gasteiger partial charge in [0.05, 0.1) is 6.10 Å². The number of likely N-dealkylation sites (tertiary alicyclic amines) is 1. The molecule has 0 bridgehead atoms. The number of hydrogen-bond acceptors (Lipinski definition) is 5. The molecule has 1 fully saturated rings. The fraction of sp³-hybridized carbons (Fsp3) is 0.333. The van der Waals surface area contributed by atoms with Crippen molar-refractivity contribution in [1.29, 1.82) is 0 Å². The number of pyridine rings is 1. The third-order valence-electron chi connectivity index (χ3n) is 3.98. The molecule has 3 rings (SSSR count). The summed E-state index contributed by atoms with van der Waals surface area (Å²) in [5, 5.41) is 9.58. The summed E-state index contributed by atoms with van der Waals surface area (Å²) in [5.74, 6) is 0.898. The van der Waals surface area contributed by atoms with E-state index in [2.05, 4.69) is 4.98 Å². The number of aryl methyl sites for hydroxylation is 1. The molecule has 1 aliphatic rings. The number of carbonyl (C=O) groups excluding carboxylic acids is 1. The minimum Gasteiger partial charge on any atom is -0.439 e. The van der Waals surface area contributed by atoms with Crippen molar-refractivity contribution >= 4 is 5.91 Å². The second-order valence-corrected chi connectivity index (χ2v) is 5.98. The molecule has 6 nitrogen and oxygen atoms in total. The van der Waals surface area contributed by atoms with Gasteiger partial charge in [0.25, 0.3) is 5.91 Å². The van der Waals surface area contributed by atoms with Crippen LogP contribution in [0, 0.1) is 6.92 Å². The molecule has 1 aromatic carbocycles. The number of benzene rings is 1. The molecule has 1 saturated heterocycles. The van der Waals surface area contributed by atoms with Gasteiger partial charge in [0.1, 0.15) is 5.75 Å². The Bertz CT molecular complexity index is 748.